The van der Waals surface area contributed by atoms with Gasteiger partial charge in [0.05, 0.1) is 11.0 Å². The minimum absolute atomic E-state index is 0.294. The van der Waals surface area contributed by atoms with Crippen LogP contribution in [0.4, 0.5) is 0 Å². The number of aliphatic imine (C=N–C) groups is 1. The lowest BCUT2D eigenvalue weighted by Gasteiger charge is -2.21. The van der Waals surface area contributed by atoms with Crippen molar-refractivity contribution in [2.45, 2.75) is 31.9 Å². The summed E-state index contributed by atoms with van der Waals surface area (Å²) in [5.41, 5.74) is 5.18. The van der Waals surface area contributed by atoms with Crippen LogP contribution in [0, 0.1) is 0 Å². The van der Waals surface area contributed by atoms with Gasteiger partial charge in [0.15, 0.2) is 5.17 Å². The lowest BCUT2D eigenvalue weighted by Crippen LogP contribution is -2.31. The van der Waals surface area contributed by atoms with E-state index in [0.717, 1.165) is 40.9 Å². The molecule has 19 heavy (non-hydrogen) atoms. The number of thioether (sulfide) groups is 1. The molecule has 0 spiro atoms. The highest BCUT2D eigenvalue weighted by Gasteiger charge is 2.20. The topological polar surface area (TPSA) is 36.8 Å². The monoisotopic (exact) mass is 295 g/mol. The fourth-order valence-corrected chi connectivity index (χ4v) is 2.81. The van der Waals surface area contributed by atoms with E-state index in [1.165, 1.54) is 0 Å². The van der Waals surface area contributed by atoms with Crippen molar-refractivity contribution in [3.63, 3.8) is 0 Å². The molecule has 1 aliphatic heterocycles. The van der Waals surface area contributed by atoms with Crippen molar-refractivity contribution >= 4 is 34.2 Å². The van der Waals surface area contributed by atoms with Gasteiger partial charge < -0.3 is 0 Å². The Bertz CT molecular complexity index is 482. The van der Waals surface area contributed by atoms with Gasteiger partial charge in [0, 0.05) is 11.6 Å². The third-order valence-corrected chi connectivity index (χ3v) is 4.12. The van der Waals surface area contributed by atoms with Crippen LogP contribution in [-0.4, -0.2) is 22.7 Å². The Morgan fingerprint density at radius 2 is 2.11 bits per heavy atom. The molecule has 1 aromatic carbocycles. The fourth-order valence-electron chi connectivity index (χ4n) is 1.78. The molecule has 0 radical (unpaired) electrons. The Morgan fingerprint density at radius 1 is 1.37 bits per heavy atom. The van der Waals surface area contributed by atoms with E-state index >= 15 is 0 Å². The van der Waals surface area contributed by atoms with E-state index in [2.05, 4.69) is 29.4 Å². The summed E-state index contributed by atoms with van der Waals surface area (Å²) < 4.78 is 0. The van der Waals surface area contributed by atoms with Crippen LogP contribution in [0.2, 0.25) is 5.02 Å². The van der Waals surface area contributed by atoms with Crippen LogP contribution < -0.4 is 5.43 Å². The second-order valence-corrected chi connectivity index (χ2v) is 6.18. The molecule has 0 aromatic heterocycles. The van der Waals surface area contributed by atoms with E-state index in [1.54, 1.807) is 11.8 Å². The van der Waals surface area contributed by atoms with Crippen molar-refractivity contribution in [3.05, 3.63) is 34.9 Å². The van der Waals surface area contributed by atoms with Crippen LogP contribution in [0.25, 0.3) is 0 Å². The van der Waals surface area contributed by atoms with Crippen LogP contribution in [-0.2, 0) is 0 Å². The van der Waals surface area contributed by atoms with Crippen LogP contribution in [0.3, 0.4) is 0 Å². The SMILES string of the molecule is CCCCN=C1NN=C(c2ccc(Cl)cc2)C(C)S1. The molecule has 0 saturated carbocycles. The predicted octanol–water partition coefficient (Wildman–Crippen LogP) is 3.93. The second-order valence-electron chi connectivity index (χ2n) is 4.42. The number of unbranched alkanes of at least 4 members (excludes halogenated alkanes) is 1. The van der Waals surface area contributed by atoms with Crippen molar-refractivity contribution < 1.29 is 0 Å². The molecule has 1 N–H and O–H groups in total. The van der Waals surface area contributed by atoms with E-state index in [0.29, 0.717) is 5.25 Å². The average molecular weight is 296 g/mol. The molecule has 2 rings (SSSR count). The summed E-state index contributed by atoms with van der Waals surface area (Å²) in [5, 5.41) is 6.40. The highest BCUT2D eigenvalue weighted by molar-refractivity contribution is 8.15. The first kappa shape index (κ1) is 14.4. The molecule has 1 aromatic rings. The van der Waals surface area contributed by atoms with Gasteiger partial charge in [0.25, 0.3) is 0 Å². The van der Waals surface area contributed by atoms with E-state index in [4.69, 9.17) is 11.6 Å². The van der Waals surface area contributed by atoms with E-state index < -0.39 is 0 Å². The third kappa shape index (κ3) is 3.98. The molecule has 5 heteroatoms. The van der Waals surface area contributed by atoms with Gasteiger partial charge in [-0.1, -0.05) is 48.8 Å². The standard InChI is InChI=1S/C14H18ClN3S/c1-3-4-9-16-14-18-17-13(10(2)19-14)11-5-7-12(15)8-6-11/h5-8,10H,3-4,9H2,1-2H3,(H,16,18). The van der Waals surface area contributed by atoms with Crippen molar-refractivity contribution in [3.8, 4) is 0 Å². The molecular formula is C14H18ClN3S. The maximum absolute atomic E-state index is 5.90. The maximum atomic E-state index is 5.90. The summed E-state index contributed by atoms with van der Waals surface area (Å²) in [4.78, 5) is 4.51. The van der Waals surface area contributed by atoms with Crippen molar-refractivity contribution in [2.24, 2.45) is 10.1 Å². The number of amidine groups is 1. The number of hydrazone groups is 1. The van der Waals surface area contributed by atoms with Crippen LogP contribution in [0.1, 0.15) is 32.3 Å². The summed E-state index contributed by atoms with van der Waals surface area (Å²) in [6, 6.07) is 7.78. The molecular weight excluding hydrogens is 278 g/mol. The molecule has 1 heterocycles. The molecule has 0 fully saturated rings. The number of hydrogen-bond donors (Lipinski definition) is 1. The first-order valence-corrected chi connectivity index (χ1v) is 7.77. The number of nitrogens with zero attached hydrogens (tertiary/aromatic N) is 2. The molecule has 1 unspecified atom stereocenters. The van der Waals surface area contributed by atoms with Gasteiger partial charge in [-0.25, -0.2) is 0 Å². The zero-order valence-corrected chi connectivity index (χ0v) is 12.8. The van der Waals surface area contributed by atoms with Gasteiger partial charge in [0.1, 0.15) is 0 Å². The number of hydrogen-bond acceptors (Lipinski definition) is 3. The average Bonchev–Trinajstić information content (AvgIpc) is 2.41. The molecule has 0 amide bonds. The highest BCUT2D eigenvalue weighted by Crippen LogP contribution is 2.22. The summed E-state index contributed by atoms with van der Waals surface area (Å²) in [6.07, 6.45) is 2.28. The highest BCUT2D eigenvalue weighted by atomic mass is 35.5. The molecule has 102 valence electrons. The van der Waals surface area contributed by atoms with Crippen molar-refractivity contribution in [2.75, 3.05) is 6.54 Å². The Balaban J connectivity index is 2.08. The van der Waals surface area contributed by atoms with Crippen molar-refractivity contribution in [1.82, 2.24) is 5.43 Å². The largest absolute Gasteiger partial charge is 0.261 e. The van der Waals surface area contributed by atoms with E-state index in [9.17, 15) is 0 Å². The Kier molecular flexibility index (Phi) is 5.28. The first-order valence-electron chi connectivity index (χ1n) is 6.51. The summed E-state index contributed by atoms with van der Waals surface area (Å²) in [7, 11) is 0. The van der Waals surface area contributed by atoms with Gasteiger partial charge >= 0.3 is 0 Å². The van der Waals surface area contributed by atoms with Gasteiger partial charge in [-0.3, -0.25) is 10.4 Å². The zero-order chi connectivity index (χ0) is 13.7. The summed E-state index contributed by atoms with van der Waals surface area (Å²) in [6.45, 7) is 5.18. The fraction of sp³-hybridized carbons (Fsp3) is 0.429. The zero-order valence-electron chi connectivity index (χ0n) is 11.2. The smallest absolute Gasteiger partial charge is 0.177 e. The lowest BCUT2D eigenvalue weighted by molar-refractivity contribution is 0.804. The quantitative estimate of drug-likeness (QED) is 0.855. The molecule has 0 saturated heterocycles. The Morgan fingerprint density at radius 3 is 2.74 bits per heavy atom. The van der Waals surface area contributed by atoms with Gasteiger partial charge in [0.2, 0.25) is 0 Å². The van der Waals surface area contributed by atoms with Crippen LogP contribution in [0.5, 0.6) is 0 Å². The van der Waals surface area contributed by atoms with Gasteiger partial charge in [-0.2, -0.15) is 5.10 Å². The molecule has 1 atom stereocenters. The van der Waals surface area contributed by atoms with Crippen LogP contribution >= 0.6 is 23.4 Å². The predicted molar refractivity (Wildman–Crippen MR) is 85.4 cm³/mol. The minimum atomic E-state index is 0.294. The summed E-state index contributed by atoms with van der Waals surface area (Å²) >= 11 is 7.62. The summed E-state index contributed by atoms with van der Waals surface area (Å²) in [5.74, 6) is 0. The Hall–Kier alpha value is -1.000. The number of benzene rings is 1. The van der Waals surface area contributed by atoms with E-state index in [-0.39, 0.29) is 0 Å². The maximum Gasteiger partial charge on any atom is 0.177 e. The first-order chi connectivity index (χ1) is 9.20. The normalized spacial score (nSPS) is 21.1. The van der Waals surface area contributed by atoms with Crippen molar-refractivity contribution in [1.29, 1.82) is 0 Å². The minimum Gasteiger partial charge on any atom is -0.261 e. The number of nitrogens with one attached hydrogen (secondary N) is 1. The lowest BCUT2D eigenvalue weighted by atomic mass is 10.1. The third-order valence-electron chi connectivity index (χ3n) is 2.85. The Labute approximate surface area is 123 Å². The number of halogens is 1. The van der Waals surface area contributed by atoms with E-state index in [1.807, 2.05) is 24.3 Å². The van der Waals surface area contributed by atoms with Crippen LogP contribution in [0.15, 0.2) is 34.4 Å². The molecule has 3 nitrogen and oxygen atoms in total. The number of rotatable bonds is 4. The molecule has 1 aliphatic rings. The molecule has 0 aliphatic carbocycles. The van der Waals surface area contributed by atoms with Gasteiger partial charge in [-0.15, -0.1) is 0 Å². The van der Waals surface area contributed by atoms with Gasteiger partial charge in [-0.05, 0) is 31.0 Å². The second kappa shape index (κ2) is 6.96. The molecule has 0 bridgehead atoms.